The first-order chi connectivity index (χ1) is 14.4. The summed E-state index contributed by atoms with van der Waals surface area (Å²) in [6, 6.07) is 9.46. The Morgan fingerprint density at radius 1 is 1.07 bits per heavy atom. The molecule has 2 N–H and O–H groups in total. The van der Waals surface area contributed by atoms with Crippen LogP contribution in [-0.4, -0.2) is 78.2 Å². The van der Waals surface area contributed by atoms with Gasteiger partial charge in [-0.3, -0.25) is 4.90 Å². The summed E-state index contributed by atoms with van der Waals surface area (Å²) < 4.78 is 28.5. The van der Waals surface area contributed by atoms with Gasteiger partial charge >= 0.3 is 0 Å². The van der Waals surface area contributed by atoms with E-state index in [1.165, 1.54) is 6.26 Å². The number of nitrogens with two attached hydrogens (primary N) is 1. The van der Waals surface area contributed by atoms with Gasteiger partial charge in [0.25, 0.3) is 5.89 Å². The summed E-state index contributed by atoms with van der Waals surface area (Å²) in [5.74, 6) is 1.65. The molecule has 0 radical (unpaired) electrons. The zero-order valence-electron chi connectivity index (χ0n) is 16.6. The van der Waals surface area contributed by atoms with E-state index in [4.69, 9.17) is 10.2 Å². The zero-order valence-corrected chi connectivity index (χ0v) is 17.4. The number of aromatic nitrogens is 4. The van der Waals surface area contributed by atoms with E-state index in [9.17, 15) is 8.42 Å². The number of hydrogen-bond donors (Lipinski definition) is 1. The Hall–Kier alpha value is -3.05. The summed E-state index contributed by atoms with van der Waals surface area (Å²) >= 11 is 0. The number of rotatable bonds is 6. The van der Waals surface area contributed by atoms with Gasteiger partial charge in [-0.05, 0) is 12.1 Å². The van der Waals surface area contributed by atoms with E-state index in [2.05, 4.69) is 30.0 Å². The molecule has 3 aromatic rings. The smallest absolute Gasteiger partial charge is 0.270 e. The molecule has 1 fully saturated rings. The molecule has 11 heteroatoms. The van der Waals surface area contributed by atoms with Crippen molar-refractivity contribution in [2.24, 2.45) is 0 Å². The first kappa shape index (κ1) is 20.2. The van der Waals surface area contributed by atoms with Crippen molar-refractivity contribution in [2.75, 3.05) is 55.4 Å². The van der Waals surface area contributed by atoms with Crippen molar-refractivity contribution >= 4 is 21.5 Å². The lowest BCUT2D eigenvalue weighted by atomic mass is 10.2. The Morgan fingerprint density at radius 3 is 2.47 bits per heavy atom. The molecule has 0 amide bonds. The standard InChI is InChI=1S/C19H23N7O3S/c1-30(27,28)12-11-25-7-9-26(10-8-25)15-13-21-17(20)16(22-15)19-24-23-18(29-19)14-5-3-2-4-6-14/h2-6,13H,7-12H2,1H3,(H2,20,21). The Kier molecular flexibility index (Phi) is 5.64. The van der Waals surface area contributed by atoms with Crippen molar-refractivity contribution in [3.8, 4) is 23.0 Å². The summed E-state index contributed by atoms with van der Waals surface area (Å²) in [5, 5.41) is 8.17. The van der Waals surface area contributed by atoms with Gasteiger partial charge in [-0.25, -0.2) is 18.4 Å². The van der Waals surface area contributed by atoms with Crippen molar-refractivity contribution in [3.63, 3.8) is 0 Å². The summed E-state index contributed by atoms with van der Waals surface area (Å²) in [7, 11) is -2.96. The lowest BCUT2D eigenvalue weighted by molar-refractivity contribution is 0.271. The minimum Gasteiger partial charge on any atom is -0.414 e. The first-order valence-corrected chi connectivity index (χ1v) is 11.6. The van der Waals surface area contributed by atoms with Gasteiger partial charge in [0.05, 0.1) is 11.9 Å². The number of hydrogen-bond acceptors (Lipinski definition) is 10. The minimum absolute atomic E-state index is 0.166. The van der Waals surface area contributed by atoms with Crippen molar-refractivity contribution in [1.82, 2.24) is 25.1 Å². The van der Waals surface area contributed by atoms with Crippen molar-refractivity contribution < 1.29 is 12.8 Å². The van der Waals surface area contributed by atoms with E-state index in [0.29, 0.717) is 37.0 Å². The van der Waals surface area contributed by atoms with Crippen LogP contribution >= 0.6 is 0 Å². The van der Waals surface area contributed by atoms with E-state index in [-0.39, 0.29) is 17.5 Å². The van der Waals surface area contributed by atoms with Crippen LogP contribution in [0.5, 0.6) is 0 Å². The zero-order chi connectivity index (χ0) is 21.1. The predicted molar refractivity (Wildman–Crippen MR) is 114 cm³/mol. The summed E-state index contributed by atoms with van der Waals surface area (Å²) in [4.78, 5) is 13.1. The van der Waals surface area contributed by atoms with Crippen LogP contribution < -0.4 is 10.6 Å². The Bertz CT molecular complexity index is 1110. The highest BCUT2D eigenvalue weighted by Gasteiger charge is 2.22. The number of nitrogen functional groups attached to an aromatic ring is 1. The molecule has 1 saturated heterocycles. The average molecular weight is 430 g/mol. The third-order valence-corrected chi connectivity index (χ3v) is 5.84. The van der Waals surface area contributed by atoms with Gasteiger partial charge in [0, 0.05) is 44.5 Å². The SMILES string of the molecule is CS(=O)(=O)CCN1CCN(c2cnc(N)c(-c3nnc(-c4ccccc4)o3)n2)CC1. The summed E-state index contributed by atoms with van der Waals surface area (Å²) in [6.07, 6.45) is 2.88. The molecule has 30 heavy (non-hydrogen) atoms. The largest absolute Gasteiger partial charge is 0.414 e. The van der Waals surface area contributed by atoms with E-state index in [1.807, 2.05) is 30.3 Å². The molecule has 4 rings (SSSR count). The lowest BCUT2D eigenvalue weighted by Gasteiger charge is -2.35. The highest BCUT2D eigenvalue weighted by molar-refractivity contribution is 7.90. The topological polar surface area (TPSA) is 131 Å². The summed E-state index contributed by atoms with van der Waals surface area (Å²) in [6.45, 7) is 3.45. The van der Waals surface area contributed by atoms with Gasteiger partial charge in [0.2, 0.25) is 5.89 Å². The molecule has 0 atom stereocenters. The fraction of sp³-hybridized carbons (Fsp3) is 0.368. The molecule has 0 saturated carbocycles. The van der Waals surface area contributed by atoms with Crippen LogP contribution in [-0.2, 0) is 9.84 Å². The first-order valence-electron chi connectivity index (χ1n) is 9.56. The van der Waals surface area contributed by atoms with Gasteiger partial charge in [-0.2, -0.15) is 0 Å². The average Bonchev–Trinajstić information content (AvgIpc) is 3.23. The Morgan fingerprint density at radius 2 is 1.77 bits per heavy atom. The second kappa shape index (κ2) is 8.36. The maximum atomic E-state index is 11.4. The van der Waals surface area contributed by atoms with Crippen LogP contribution in [0.25, 0.3) is 23.0 Å². The van der Waals surface area contributed by atoms with E-state index < -0.39 is 9.84 Å². The highest BCUT2D eigenvalue weighted by Crippen LogP contribution is 2.27. The number of nitrogens with zero attached hydrogens (tertiary/aromatic N) is 6. The number of anilines is 2. The number of piperazine rings is 1. The maximum Gasteiger partial charge on any atom is 0.270 e. The highest BCUT2D eigenvalue weighted by atomic mass is 32.2. The molecule has 158 valence electrons. The Balaban J connectivity index is 1.48. The molecule has 0 unspecified atom stereocenters. The normalized spacial score (nSPS) is 15.4. The molecule has 0 aliphatic carbocycles. The van der Waals surface area contributed by atoms with E-state index in [0.717, 1.165) is 18.7 Å². The van der Waals surface area contributed by atoms with Gasteiger partial charge in [-0.1, -0.05) is 18.2 Å². The second-order valence-corrected chi connectivity index (χ2v) is 9.46. The van der Waals surface area contributed by atoms with Crippen molar-refractivity contribution in [1.29, 1.82) is 0 Å². The molecular weight excluding hydrogens is 406 g/mol. The molecular formula is C19H23N7O3S. The van der Waals surface area contributed by atoms with Crippen molar-refractivity contribution in [2.45, 2.75) is 0 Å². The fourth-order valence-corrected chi connectivity index (χ4v) is 3.80. The van der Waals surface area contributed by atoms with Crippen LogP contribution in [0.15, 0.2) is 40.9 Å². The van der Waals surface area contributed by atoms with Gasteiger partial charge in [0.1, 0.15) is 15.7 Å². The van der Waals surface area contributed by atoms with E-state index >= 15 is 0 Å². The van der Waals surface area contributed by atoms with Crippen LogP contribution in [0.2, 0.25) is 0 Å². The molecule has 3 heterocycles. The van der Waals surface area contributed by atoms with Crippen LogP contribution in [0.1, 0.15) is 0 Å². The molecule has 1 aliphatic heterocycles. The minimum atomic E-state index is -2.96. The van der Waals surface area contributed by atoms with Gasteiger partial charge < -0.3 is 15.1 Å². The molecule has 1 aromatic carbocycles. The third-order valence-electron chi connectivity index (χ3n) is 4.91. The third kappa shape index (κ3) is 4.74. The number of sulfone groups is 1. The van der Waals surface area contributed by atoms with E-state index in [1.54, 1.807) is 6.20 Å². The van der Waals surface area contributed by atoms with Gasteiger partial charge in [-0.15, -0.1) is 10.2 Å². The molecule has 2 aromatic heterocycles. The fourth-order valence-electron chi connectivity index (χ4n) is 3.21. The maximum absolute atomic E-state index is 11.4. The van der Waals surface area contributed by atoms with Crippen LogP contribution in [0.4, 0.5) is 11.6 Å². The molecule has 0 bridgehead atoms. The summed E-state index contributed by atoms with van der Waals surface area (Å²) in [5.41, 5.74) is 7.17. The van der Waals surface area contributed by atoms with Gasteiger partial charge in [0.15, 0.2) is 11.5 Å². The quantitative estimate of drug-likeness (QED) is 0.604. The monoisotopic (exact) mass is 429 g/mol. The molecule has 10 nitrogen and oxygen atoms in total. The molecule has 1 aliphatic rings. The lowest BCUT2D eigenvalue weighted by Crippen LogP contribution is -2.48. The number of benzene rings is 1. The Labute approximate surface area is 174 Å². The second-order valence-electron chi connectivity index (χ2n) is 7.20. The van der Waals surface area contributed by atoms with Crippen LogP contribution in [0, 0.1) is 0 Å². The van der Waals surface area contributed by atoms with Crippen molar-refractivity contribution in [3.05, 3.63) is 36.5 Å². The predicted octanol–water partition coefficient (Wildman–Crippen LogP) is 0.942. The molecule has 0 spiro atoms. The van der Waals surface area contributed by atoms with Crippen LogP contribution in [0.3, 0.4) is 0 Å².